The van der Waals surface area contributed by atoms with Crippen LogP contribution in [-0.4, -0.2) is 41.1 Å². The van der Waals surface area contributed by atoms with Gasteiger partial charge in [-0.25, -0.2) is 18.6 Å². The molecule has 0 bridgehead atoms. The maximum atomic E-state index is 13.9. The van der Waals surface area contributed by atoms with Crippen LogP contribution in [0.1, 0.15) is 51.4 Å². The van der Waals surface area contributed by atoms with Crippen molar-refractivity contribution in [1.82, 2.24) is 9.88 Å². The molecule has 10 heteroatoms. The Balaban J connectivity index is 2.11. The molecule has 0 saturated carbocycles. The molecule has 0 fully saturated rings. The van der Waals surface area contributed by atoms with Crippen LogP contribution >= 0.6 is 11.6 Å². The number of nitrogens with zero attached hydrogens (tertiary/aromatic N) is 2. The van der Waals surface area contributed by atoms with E-state index in [4.69, 9.17) is 26.2 Å². The van der Waals surface area contributed by atoms with Gasteiger partial charge in [0.2, 0.25) is 0 Å². The number of aromatic nitrogens is 1. The number of carboxylic acid groups (broad SMARTS) is 1. The highest BCUT2D eigenvalue weighted by Crippen LogP contribution is 2.42. The smallest absolute Gasteiger partial charge is 0.354 e. The van der Waals surface area contributed by atoms with E-state index in [2.05, 4.69) is 4.98 Å². The van der Waals surface area contributed by atoms with Gasteiger partial charge in [0.1, 0.15) is 17.3 Å². The Morgan fingerprint density at radius 3 is 2.29 bits per heavy atom. The van der Waals surface area contributed by atoms with E-state index >= 15 is 0 Å². The minimum absolute atomic E-state index is 0.0347. The second kappa shape index (κ2) is 11.1. The molecule has 0 unspecified atom stereocenters. The molecule has 35 heavy (non-hydrogen) atoms. The van der Waals surface area contributed by atoms with E-state index in [1.54, 1.807) is 12.1 Å². The minimum Gasteiger partial charge on any atom is -0.493 e. The molecule has 1 amide bonds. The number of carbonyl (C=O) groups is 2. The van der Waals surface area contributed by atoms with Crippen LogP contribution in [0.3, 0.4) is 0 Å². The first-order valence-electron chi connectivity index (χ1n) is 10.6. The third kappa shape index (κ3) is 5.68. The molecule has 0 aliphatic rings. The molecule has 3 rings (SSSR count). The predicted octanol–water partition coefficient (Wildman–Crippen LogP) is 5.52. The number of rotatable bonds is 9. The van der Waals surface area contributed by atoms with Crippen molar-refractivity contribution >= 4 is 23.5 Å². The van der Waals surface area contributed by atoms with Gasteiger partial charge in [0.05, 0.1) is 25.3 Å². The van der Waals surface area contributed by atoms with Crippen LogP contribution in [0.25, 0.3) is 0 Å². The van der Waals surface area contributed by atoms with E-state index in [0.717, 1.165) is 12.1 Å². The zero-order valence-electron chi connectivity index (χ0n) is 19.2. The number of methoxy groups -OCH3 is 2. The number of pyridine rings is 1. The zero-order valence-corrected chi connectivity index (χ0v) is 20.0. The molecule has 1 N–H and O–H groups in total. The number of halogens is 3. The summed E-state index contributed by atoms with van der Waals surface area (Å²) in [5, 5.41) is 9.33. The van der Waals surface area contributed by atoms with Crippen molar-refractivity contribution < 1.29 is 33.0 Å². The molecule has 2 aromatic carbocycles. The summed E-state index contributed by atoms with van der Waals surface area (Å²) >= 11 is 6.63. The average Bonchev–Trinajstić information content (AvgIpc) is 2.83. The molecule has 1 atom stereocenters. The van der Waals surface area contributed by atoms with Gasteiger partial charge in [-0.1, -0.05) is 30.7 Å². The summed E-state index contributed by atoms with van der Waals surface area (Å²) in [6.45, 7) is 1.79. The summed E-state index contributed by atoms with van der Waals surface area (Å²) in [6.07, 6.45) is 1.72. The lowest BCUT2D eigenvalue weighted by atomic mass is 9.99. The molecule has 3 aromatic rings. The first-order chi connectivity index (χ1) is 16.7. The van der Waals surface area contributed by atoms with Gasteiger partial charge >= 0.3 is 5.97 Å². The summed E-state index contributed by atoms with van der Waals surface area (Å²) in [5.41, 5.74) is 0.698. The highest BCUT2D eigenvalue weighted by atomic mass is 35.5. The lowest BCUT2D eigenvalue weighted by Crippen LogP contribution is -2.34. The fraction of sp³-hybridized carbons (Fsp3) is 0.240. The molecule has 0 aliphatic heterocycles. The average molecular weight is 505 g/mol. The van der Waals surface area contributed by atoms with E-state index in [0.29, 0.717) is 29.4 Å². The van der Waals surface area contributed by atoms with Crippen LogP contribution in [0.15, 0.2) is 48.7 Å². The lowest BCUT2D eigenvalue weighted by molar-refractivity contribution is 0.0647. The monoisotopic (exact) mass is 504 g/mol. The second-order valence-electron chi connectivity index (χ2n) is 7.58. The van der Waals surface area contributed by atoms with E-state index in [-0.39, 0.29) is 28.6 Å². The number of aromatic carboxylic acids is 1. The van der Waals surface area contributed by atoms with Crippen molar-refractivity contribution in [2.45, 2.75) is 25.9 Å². The van der Waals surface area contributed by atoms with Crippen LogP contribution in [0.4, 0.5) is 8.78 Å². The first-order valence-corrected chi connectivity index (χ1v) is 10.9. The van der Waals surface area contributed by atoms with Gasteiger partial charge in [-0.3, -0.25) is 4.79 Å². The Morgan fingerprint density at radius 1 is 1.09 bits per heavy atom. The zero-order chi connectivity index (χ0) is 25.7. The maximum Gasteiger partial charge on any atom is 0.354 e. The molecule has 7 nitrogen and oxygen atoms in total. The van der Waals surface area contributed by atoms with Gasteiger partial charge in [-0.15, -0.1) is 0 Å². The van der Waals surface area contributed by atoms with Crippen LogP contribution in [0, 0.1) is 11.6 Å². The molecule has 0 spiro atoms. The number of hydrogen-bond acceptors (Lipinski definition) is 5. The van der Waals surface area contributed by atoms with Crippen LogP contribution in [0.2, 0.25) is 5.02 Å². The first kappa shape index (κ1) is 25.9. The van der Waals surface area contributed by atoms with Crippen molar-refractivity contribution in [2.75, 3.05) is 14.2 Å². The van der Waals surface area contributed by atoms with E-state index in [9.17, 15) is 18.4 Å². The summed E-state index contributed by atoms with van der Waals surface area (Å²) in [4.78, 5) is 30.0. The fourth-order valence-electron chi connectivity index (χ4n) is 3.78. The Bertz CT molecular complexity index is 1220. The maximum absolute atomic E-state index is 13.9. The number of benzene rings is 2. The number of hydrogen-bond donors (Lipinski definition) is 1. The van der Waals surface area contributed by atoms with Crippen LogP contribution in [0.5, 0.6) is 11.5 Å². The van der Waals surface area contributed by atoms with Crippen LogP contribution < -0.4 is 9.47 Å². The predicted molar refractivity (Wildman–Crippen MR) is 125 cm³/mol. The molecular weight excluding hydrogens is 482 g/mol. The normalized spacial score (nSPS) is 11.6. The fourth-order valence-corrected chi connectivity index (χ4v) is 4.14. The Labute approximate surface area is 205 Å². The molecule has 1 aromatic heterocycles. The van der Waals surface area contributed by atoms with E-state index in [1.165, 1.54) is 37.4 Å². The van der Waals surface area contributed by atoms with Gasteiger partial charge in [-0.05, 0) is 41.8 Å². The van der Waals surface area contributed by atoms with Crippen molar-refractivity contribution in [3.05, 3.63) is 87.7 Å². The van der Waals surface area contributed by atoms with Gasteiger partial charge in [-0.2, -0.15) is 0 Å². The summed E-state index contributed by atoms with van der Waals surface area (Å²) in [7, 11) is 2.90. The Morgan fingerprint density at radius 2 is 1.77 bits per heavy atom. The molecule has 0 aliphatic carbocycles. The van der Waals surface area contributed by atoms with Gasteiger partial charge in [0.25, 0.3) is 5.91 Å². The van der Waals surface area contributed by atoms with Gasteiger partial charge in [0, 0.05) is 24.4 Å². The van der Waals surface area contributed by atoms with E-state index in [1.807, 2.05) is 6.92 Å². The number of carbonyl (C=O) groups excluding carboxylic acids is 1. The standard InChI is InChI=1S/C25H23ClF2N2O5/c1-4-20(18-6-8-21(34-2)23(35-3)22(18)26)30(13-14-5-7-19(25(32)33)29-12-14)24(31)15-9-16(27)11-17(28)10-15/h5-12,20H,4,13H2,1-3H3,(H,32,33)/t20-/m1/s1. The highest BCUT2D eigenvalue weighted by molar-refractivity contribution is 6.33. The third-order valence-electron chi connectivity index (χ3n) is 5.40. The topological polar surface area (TPSA) is 89.0 Å². The number of ether oxygens (including phenoxy) is 2. The van der Waals surface area contributed by atoms with Crippen molar-refractivity contribution in [2.24, 2.45) is 0 Å². The Hall–Kier alpha value is -3.72. The minimum atomic E-state index is -1.19. The van der Waals surface area contributed by atoms with Gasteiger partial charge < -0.3 is 19.5 Å². The molecule has 1 heterocycles. The third-order valence-corrected chi connectivity index (χ3v) is 5.79. The molecule has 0 radical (unpaired) electrons. The largest absolute Gasteiger partial charge is 0.493 e. The summed E-state index contributed by atoms with van der Waals surface area (Å²) in [6, 6.07) is 8.11. The molecule has 0 saturated heterocycles. The molecule has 184 valence electrons. The highest BCUT2D eigenvalue weighted by Gasteiger charge is 2.29. The van der Waals surface area contributed by atoms with E-state index < -0.39 is 29.6 Å². The van der Waals surface area contributed by atoms with Crippen molar-refractivity contribution in [3.63, 3.8) is 0 Å². The summed E-state index contributed by atoms with van der Waals surface area (Å²) < 4.78 is 38.5. The van der Waals surface area contributed by atoms with Crippen molar-refractivity contribution in [3.8, 4) is 11.5 Å². The second-order valence-corrected chi connectivity index (χ2v) is 7.95. The quantitative estimate of drug-likeness (QED) is 0.412. The van der Waals surface area contributed by atoms with Crippen molar-refractivity contribution in [1.29, 1.82) is 0 Å². The number of amides is 1. The molecular formula is C25H23ClF2N2O5. The lowest BCUT2D eigenvalue weighted by Gasteiger charge is -2.33. The number of carboxylic acids is 1. The summed E-state index contributed by atoms with van der Waals surface area (Å²) in [5.74, 6) is -2.95. The Kier molecular flexibility index (Phi) is 8.24. The van der Waals surface area contributed by atoms with Crippen LogP contribution in [-0.2, 0) is 6.54 Å². The SMILES string of the molecule is CC[C@H](c1ccc(OC)c(OC)c1Cl)N(Cc1ccc(C(=O)O)nc1)C(=O)c1cc(F)cc(F)c1. The van der Waals surface area contributed by atoms with Gasteiger partial charge in [0.15, 0.2) is 11.5 Å².